The minimum atomic E-state index is -0.258. The highest BCUT2D eigenvalue weighted by molar-refractivity contribution is 7.08. The Morgan fingerprint density at radius 3 is 2.69 bits per heavy atom. The van der Waals surface area contributed by atoms with E-state index in [0.717, 1.165) is 12.0 Å². The summed E-state index contributed by atoms with van der Waals surface area (Å²) >= 11 is 1.44. The van der Waals surface area contributed by atoms with Gasteiger partial charge in [-0.05, 0) is 42.5 Å². The maximum Gasteiger partial charge on any atom is 0.252 e. The van der Waals surface area contributed by atoms with E-state index in [4.69, 9.17) is 9.47 Å². The summed E-state index contributed by atoms with van der Waals surface area (Å²) in [4.78, 5) is 23.9. The number of carbonyl (C=O) groups is 2. The molecule has 0 saturated heterocycles. The molecule has 2 aromatic rings. The second kappa shape index (κ2) is 9.82. The van der Waals surface area contributed by atoms with Crippen molar-refractivity contribution in [1.29, 1.82) is 0 Å². The first-order chi connectivity index (χ1) is 12.5. The predicted molar refractivity (Wildman–Crippen MR) is 102 cm³/mol. The van der Waals surface area contributed by atoms with Crippen molar-refractivity contribution >= 4 is 23.2 Å². The van der Waals surface area contributed by atoms with Crippen LogP contribution in [0, 0.1) is 0 Å². The van der Waals surface area contributed by atoms with Gasteiger partial charge in [-0.15, -0.1) is 0 Å². The van der Waals surface area contributed by atoms with Gasteiger partial charge in [-0.3, -0.25) is 9.59 Å². The molecule has 6 nitrogen and oxygen atoms in total. The van der Waals surface area contributed by atoms with E-state index >= 15 is 0 Å². The molecule has 7 heteroatoms. The first-order valence-electron chi connectivity index (χ1n) is 8.45. The summed E-state index contributed by atoms with van der Waals surface area (Å²) < 4.78 is 11.0. The Hall–Kier alpha value is -2.54. The lowest BCUT2D eigenvalue weighted by Crippen LogP contribution is -2.37. The average Bonchev–Trinajstić information content (AvgIpc) is 3.19. The minimum Gasteiger partial charge on any atom is -0.493 e. The summed E-state index contributed by atoms with van der Waals surface area (Å²) in [5.41, 5.74) is 1.45. The molecular weight excluding hydrogens is 352 g/mol. The average molecular weight is 376 g/mol. The highest BCUT2D eigenvalue weighted by Crippen LogP contribution is 2.30. The van der Waals surface area contributed by atoms with Crippen molar-refractivity contribution in [3.05, 3.63) is 46.2 Å². The second-order valence-electron chi connectivity index (χ2n) is 5.74. The number of benzene rings is 1. The monoisotopic (exact) mass is 376 g/mol. The van der Waals surface area contributed by atoms with Crippen LogP contribution in [-0.2, 0) is 4.79 Å². The molecule has 1 aromatic carbocycles. The molecule has 2 N–H and O–H groups in total. The lowest BCUT2D eigenvalue weighted by Gasteiger charge is -2.17. The molecule has 1 atom stereocenters. The fourth-order valence-electron chi connectivity index (χ4n) is 2.32. The number of nitrogens with one attached hydrogen (secondary N) is 2. The van der Waals surface area contributed by atoms with Crippen molar-refractivity contribution < 1.29 is 19.1 Å². The Kier molecular flexibility index (Phi) is 7.47. The van der Waals surface area contributed by atoms with E-state index in [9.17, 15) is 9.59 Å². The van der Waals surface area contributed by atoms with Crippen LogP contribution in [0.1, 0.15) is 42.2 Å². The fraction of sp³-hybridized carbons (Fsp3) is 0.368. The summed E-state index contributed by atoms with van der Waals surface area (Å²) in [7, 11) is 1.58. The Bertz CT molecular complexity index is 731. The Labute approximate surface area is 157 Å². The Morgan fingerprint density at radius 2 is 2.04 bits per heavy atom. The van der Waals surface area contributed by atoms with Gasteiger partial charge in [0.05, 0.1) is 26.3 Å². The van der Waals surface area contributed by atoms with E-state index in [-0.39, 0.29) is 24.4 Å². The second-order valence-corrected chi connectivity index (χ2v) is 6.52. The molecule has 0 fully saturated rings. The van der Waals surface area contributed by atoms with Gasteiger partial charge in [-0.25, -0.2) is 0 Å². The van der Waals surface area contributed by atoms with Crippen molar-refractivity contribution in [2.24, 2.45) is 0 Å². The lowest BCUT2D eigenvalue weighted by atomic mass is 10.1. The van der Waals surface area contributed by atoms with Crippen molar-refractivity contribution in [2.75, 3.05) is 20.3 Å². The fourth-order valence-corrected chi connectivity index (χ4v) is 2.95. The van der Waals surface area contributed by atoms with Crippen molar-refractivity contribution in [1.82, 2.24) is 10.6 Å². The standard InChI is InChI=1S/C19H24N2O4S/c1-4-8-25-16-6-5-14(10-17(16)24-3)13(2)21-18(22)11-20-19(23)15-7-9-26-12-15/h5-7,9-10,12-13H,4,8,11H2,1-3H3,(H,20,23)(H,21,22). The SMILES string of the molecule is CCCOc1ccc(C(C)NC(=O)CNC(=O)c2ccsc2)cc1OC. The first-order valence-corrected chi connectivity index (χ1v) is 9.40. The summed E-state index contributed by atoms with van der Waals surface area (Å²) in [6.45, 7) is 4.45. The molecule has 26 heavy (non-hydrogen) atoms. The first kappa shape index (κ1) is 19.8. The van der Waals surface area contributed by atoms with Crippen LogP contribution >= 0.6 is 11.3 Å². The third-order valence-corrected chi connectivity index (χ3v) is 4.40. The van der Waals surface area contributed by atoms with E-state index < -0.39 is 0 Å². The van der Waals surface area contributed by atoms with E-state index in [0.29, 0.717) is 23.7 Å². The number of methoxy groups -OCH3 is 1. The molecule has 2 amide bonds. The van der Waals surface area contributed by atoms with Gasteiger partial charge in [0.15, 0.2) is 11.5 Å². The molecule has 1 unspecified atom stereocenters. The molecule has 1 aromatic heterocycles. The number of hydrogen-bond acceptors (Lipinski definition) is 5. The van der Waals surface area contributed by atoms with Crippen molar-refractivity contribution in [3.63, 3.8) is 0 Å². The molecule has 140 valence electrons. The Morgan fingerprint density at radius 1 is 1.23 bits per heavy atom. The summed E-state index contributed by atoms with van der Waals surface area (Å²) in [5.74, 6) is 0.793. The van der Waals surface area contributed by atoms with E-state index in [2.05, 4.69) is 10.6 Å². The summed E-state index contributed by atoms with van der Waals surface area (Å²) in [5, 5.41) is 9.03. The van der Waals surface area contributed by atoms with Gasteiger partial charge in [0.2, 0.25) is 5.91 Å². The maximum atomic E-state index is 12.1. The van der Waals surface area contributed by atoms with Crippen LogP contribution in [0.4, 0.5) is 0 Å². The molecule has 2 rings (SSSR count). The molecule has 0 spiro atoms. The van der Waals surface area contributed by atoms with Gasteiger partial charge < -0.3 is 20.1 Å². The van der Waals surface area contributed by atoms with Crippen LogP contribution in [0.15, 0.2) is 35.0 Å². The highest BCUT2D eigenvalue weighted by atomic mass is 32.1. The van der Waals surface area contributed by atoms with Crippen LogP contribution in [0.2, 0.25) is 0 Å². The molecular formula is C19H24N2O4S. The van der Waals surface area contributed by atoms with Gasteiger partial charge in [0.1, 0.15) is 0 Å². The number of rotatable bonds is 9. The third kappa shape index (κ3) is 5.49. The molecule has 0 bridgehead atoms. The van der Waals surface area contributed by atoms with Crippen LogP contribution in [0.25, 0.3) is 0 Å². The zero-order valence-corrected chi connectivity index (χ0v) is 16.0. The van der Waals surface area contributed by atoms with E-state index in [1.807, 2.05) is 37.4 Å². The van der Waals surface area contributed by atoms with Crippen LogP contribution in [-0.4, -0.2) is 32.1 Å². The van der Waals surface area contributed by atoms with Crippen molar-refractivity contribution in [2.45, 2.75) is 26.3 Å². The Balaban J connectivity index is 1.90. The van der Waals surface area contributed by atoms with Gasteiger partial charge in [-0.2, -0.15) is 11.3 Å². The van der Waals surface area contributed by atoms with Crippen LogP contribution in [0.5, 0.6) is 11.5 Å². The van der Waals surface area contributed by atoms with Gasteiger partial charge in [-0.1, -0.05) is 13.0 Å². The van der Waals surface area contributed by atoms with E-state index in [1.165, 1.54) is 11.3 Å². The molecule has 0 saturated carbocycles. The minimum absolute atomic E-state index is 0.0755. The van der Waals surface area contributed by atoms with Gasteiger partial charge in [0, 0.05) is 10.9 Å². The highest BCUT2D eigenvalue weighted by Gasteiger charge is 2.14. The largest absolute Gasteiger partial charge is 0.493 e. The molecule has 0 aliphatic carbocycles. The predicted octanol–water partition coefficient (Wildman–Crippen LogP) is 3.15. The topological polar surface area (TPSA) is 76.7 Å². The van der Waals surface area contributed by atoms with Crippen LogP contribution in [0.3, 0.4) is 0 Å². The summed E-state index contributed by atoms with van der Waals surface area (Å²) in [6, 6.07) is 7.07. The van der Waals surface area contributed by atoms with Crippen molar-refractivity contribution in [3.8, 4) is 11.5 Å². The van der Waals surface area contributed by atoms with Gasteiger partial charge >= 0.3 is 0 Å². The third-order valence-electron chi connectivity index (χ3n) is 3.72. The number of thiophene rings is 1. The maximum absolute atomic E-state index is 12.1. The number of amides is 2. The number of ether oxygens (including phenoxy) is 2. The quantitative estimate of drug-likeness (QED) is 0.705. The normalized spacial score (nSPS) is 11.5. The molecule has 0 aliphatic heterocycles. The number of hydrogen-bond donors (Lipinski definition) is 2. The van der Waals surface area contributed by atoms with Gasteiger partial charge in [0.25, 0.3) is 5.91 Å². The lowest BCUT2D eigenvalue weighted by molar-refractivity contribution is -0.120. The zero-order chi connectivity index (χ0) is 18.9. The molecule has 1 heterocycles. The molecule has 0 aliphatic rings. The van der Waals surface area contributed by atoms with E-state index in [1.54, 1.807) is 18.6 Å². The molecule has 0 radical (unpaired) electrons. The smallest absolute Gasteiger partial charge is 0.252 e. The van der Waals surface area contributed by atoms with Crippen LogP contribution < -0.4 is 20.1 Å². The summed E-state index contributed by atoms with van der Waals surface area (Å²) in [6.07, 6.45) is 0.911. The zero-order valence-electron chi connectivity index (χ0n) is 15.2. The number of carbonyl (C=O) groups excluding carboxylic acids is 2.